The first kappa shape index (κ1) is 16.8. The normalized spacial score (nSPS) is 21.2. The van der Waals surface area contributed by atoms with Gasteiger partial charge in [0.15, 0.2) is 0 Å². The van der Waals surface area contributed by atoms with Crippen molar-refractivity contribution in [2.45, 2.75) is 38.7 Å². The summed E-state index contributed by atoms with van der Waals surface area (Å²) in [6.45, 7) is 2.20. The van der Waals surface area contributed by atoms with E-state index in [-0.39, 0.29) is 5.92 Å². The molecule has 1 aromatic rings. The summed E-state index contributed by atoms with van der Waals surface area (Å²) < 4.78 is 0. The lowest BCUT2D eigenvalue weighted by Gasteiger charge is -2.27. The first-order valence-corrected chi connectivity index (χ1v) is 7.88. The van der Waals surface area contributed by atoms with Gasteiger partial charge in [0.05, 0.1) is 16.8 Å². The van der Waals surface area contributed by atoms with Crippen molar-refractivity contribution in [1.82, 2.24) is 5.32 Å². The number of halogens is 1. The molecule has 3 N–H and O–H groups in total. The van der Waals surface area contributed by atoms with Crippen LogP contribution in [0.5, 0.6) is 0 Å². The second-order valence-corrected chi connectivity index (χ2v) is 6.17. The second kappa shape index (κ2) is 7.61. The largest absolute Gasteiger partial charge is 0.393 e. The Labute approximate surface area is 135 Å². The summed E-state index contributed by atoms with van der Waals surface area (Å²) in [4.78, 5) is 23.7. The van der Waals surface area contributed by atoms with E-state index in [9.17, 15) is 14.7 Å². The van der Waals surface area contributed by atoms with Crippen molar-refractivity contribution in [2.75, 3.05) is 11.9 Å². The van der Waals surface area contributed by atoms with Crippen molar-refractivity contribution in [1.29, 1.82) is 0 Å². The molecule has 0 saturated heterocycles. The third kappa shape index (κ3) is 4.45. The van der Waals surface area contributed by atoms with Gasteiger partial charge in [-0.3, -0.25) is 9.59 Å². The maximum absolute atomic E-state index is 11.9. The monoisotopic (exact) mass is 324 g/mol. The maximum Gasteiger partial charge on any atom is 0.313 e. The summed E-state index contributed by atoms with van der Waals surface area (Å²) in [6.07, 6.45) is 3.28. The fourth-order valence-corrected chi connectivity index (χ4v) is 2.91. The van der Waals surface area contributed by atoms with Crippen LogP contribution in [0.4, 0.5) is 5.69 Å². The molecule has 2 amide bonds. The summed E-state index contributed by atoms with van der Waals surface area (Å²) >= 11 is 6.02. The van der Waals surface area contributed by atoms with Gasteiger partial charge in [0.25, 0.3) is 0 Å². The SMILES string of the molecule is Cc1ccc(NC(=O)C(=O)NC[C@@H]2CCCC[C@@H]2O)c(Cl)c1. The molecular weight excluding hydrogens is 304 g/mol. The zero-order valence-corrected chi connectivity index (χ0v) is 13.3. The number of aliphatic hydroxyl groups excluding tert-OH is 1. The zero-order chi connectivity index (χ0) is 16.1. The summed E-state index contributed by atoms with van der Waals surface area (Å²) in [5.74, 6) is -1.45. The molecule has 1 fully saturated rings. The highest BCUT2D eigenvalue weighted by atomic mass is 35.5. The van der Waals surface area contributed by atoms with Crippen molar-refractivity contribution >= 4 is 29.1 Å². The van der Waals surface area contributed by atoms with Crippen molar-refractivity contribution in [2.24, 2.45) is 5.92 Å². The Morgan fingerprint density at radius 3 is 2.68 bits per heavy atom. The first-order valence-electron chi connectivity index (χ1n) is 7.51. The van der Waals surface area contributed by atoms with Gasteiger partial charge < -0.3 is 15.7 Å². The van der Waals surface area contributed by atoms with E-state index in [4.69, 9.17) is 11.6 Å². The minimum absolute atomic E-state index is 0.0217. The van der Waals surface area contributed by atoms with Crippen LogP contribution in [0.15, 0.2) is 18.2 Å². The predicted molar refractivity (Wildman–Crippen MR) is 85.8 cm³/mol. The third-order valence-electron chi connectivity index (χ3n) is 3.97. The van der Waals surface area contributed by atoms with E-state index in [1.807, 2.05) is 6.92 Å². The Morgan fingerprint density at radius 1 is 1.27 bits per heavy atom. The summed E-state index contributed by atoms with van der Waals surface area (Å²) in [6, 6.07) is 5.18. The number of carbonyl (C=O) groups is 2. The highest BCUT2D eigenvalue weighted by molar-refractivity contribution is 6.41. The van der Waals surface area contributed by atoms with E-state index in [0.29, 0.717) is 17.3 Å². The molecule has 1 aliphatic rings. The van der Waals surface area contributed by atoms with E-state index >= 15 is 0 Å². The Morgan fingerprint density at radius 2 is 2.00 bits per heavy atom. The van der Waals surface area contributed by atoms with Gasteiger partial charge in [-0.2, -0.15) is 0 Å². The Bertz CT molecular complexity index is 562. The van der Waals surface area contributed by atoms with Gasteiger partial charge in [-0.1, -0.05) is 30.5 Å². The van der Waals surface area contributed by atoms with Crippen LogP contribution in [-0.2, 0) is 9.59 Å². The number of carbonyl (C=O) groups excluding carboxylic acids is 2. The summed E-state index contributed by atoms with van der Waals surface area (Å²) in [5.41, 5.74) is 1.38. The maximum atomic E-state index is 11.9. The Balaban J connectivity index is 1.85. The Kier molecular flexibility index (Phi) is 5.80. The van der Waals surface area contributed by atoms with Crippen LogP contribution < -0.4 is 10.6 Å². The van der Waals surface area contributed by atoms with Crippen molar-refractivity contribution in [3.63, 3.8) is 0 Å². The molecule has 2 atom stereocenters. The van der Waals surface area contributed by atoms with Crippen LogP contribution in [0.3, 0.4) is 0 Å². The van der Waals surface area contributed by atoms with Crippen molar-refractivity contribution in [3.8, 4) is 0 Å². The lowest BCUT2D eigenvalue weighted by molar-refractivity contribution is -0.136. The van der Waals surface area contributed by atoms with Gasteiger partial charge in [0, 0.05) is 12.5 Å². The van der Waals surface area contributed by atoms with Gasteiger partial charge in [-0.25, -0.2) is 0 Å². The lowest BCUT2D eigenvalue weighted by atomic mass is 9.86. The fourth-order valence-electron chi connectivity index (χ4n) is 2.63. The highest BCUT2D eigenvalue weighted by Gasteiger charge is 2.24. The van der Waals surface area contributed by atoms with Crippen LogP contribution in [0.25, 0.3) is 0 Å². The van der Waals surface area contributed by atoms with Gasteiger partial charge >= 0.3 is 11.8 Å². The number of amides is 2. The van der Waals surface area contributed by atoms with Crippen LogP contribution in [0.1, 0.15) is 31.2 Å². The number of hydrogen-bond acceptors (Lipinski definition) is 3. The smallest absolute Gasteiger partial charge is 0.313 e. The molecule has 1 aliphatic carbocycles. The van der Waals surface area contributed by atoms with Gasteiger partial charge in [-0.05, 0) is 37.5 Å². The molecule has 0 aromatic heterocycles. The standard InChI is InChI=1S/C16H21ClN2O3/c1-10-6-7-13(12(17)8-10)19-16(22)15(21)18-9-11-4-2-3-5-14(11)20/h6-8,11,14,20H,2-5,9H2,1H3,(H,18,21)(H,19,22)/t11-,14-/m0/s1. The number of hydrogen-bond donors (Lipinski definition) is 3. The zero-order valence-electron chi connectivity index (χ0n) is 12.6. The van der Waals surface area contributed by atoms with E-state index in [2.05, 4.69) is 10.6 Å². The molecule has 0 bridgehead atoms. The lowest BCUT2D eigenvalue weighted by Crippen LogP contribution is -2.41. The number of benzene rings is 1. The number of aliphatic hydroxyl groups is 1. The first-order chi connectivity index (χ1) is 10.5. The highest BCUT2D eigenvalue weighted by Crippen LogP contribution is 2.24. The minimum atomic E-state index is -0.754. The predicted octanol–water partition coefficient (Wildman–Crippen LogP) is 2.25. The number of aryl methyl sites for hydroxylation is 1. The third-order valence-corrected chi connectivity index (χ3v) is 4.29. The number of nitrogens with one attached hydrogen (secondary N) is 2. The van der Waals surface area contributed by atoms with Gasteiger partial charge in [-0.15, -0.1) is 0 Å². The van der Waals surface area contributed by atoms with E-state index in [0.717, 1.165) is 31.2 Å². The molecule has 0 heterocycles. The Hall–Kier alpha value is -1.59. The van der Waals surface area contributed by atoms with Crippen LogP contribution in [0, 0.1) is 12.8 Å². The number of anilines is 1. The van der Waals surface area contributed by atoms with Crippen LogP contribution in [0.2, 0.25) is 5.02 Å². The summed E-state index contributed by atoms with van der Waals surface area (Å²) in [7, 11) is 0. The molecule has 0 unspecified atom stereocenters. The average Bonchev–Trinajstić information content (AvgIpc) is 2.49. The number of rotatable bonds is 3. The van der Waals surface area contributed by atoms with Gasteiger partial charge in [0.1, 0.15) is 0 Å². The molecule has 120 valence electrons. The topological polar surface area (TPSA) is 78.4 Å². The molecule has 6 heteroatoms. The molecule has 1 saturated carbocycles. The van der Waals surface area contributed by atoms with Crippen LogP contribution >= 0.6 is 11.6 Å². The fraction of sp³-hybridized carbons (Fsp3) is 0.500. The molecule has 22 heavy (non-hydrogen) atoms. The molecule has 5 nitrogen and oxygen atoms in total. The molecule has 1 aromatic carbocycles. The second-order valence-electron chi connectivity index (χ2n) is 5.76. The van der Waals surface area contributed by atoms with E-state index in [1.54, 1.807) is 18.2 Å². The molecule has 0 aliphatic heterocycles. The van der Waals surface area contributed by atoms with Crippen molar-refractivity contribution < 1.29 is 14.7 Å². The molecule has 2 rings (SSSR count). The van der Waals surface area contributed by atoms with Gasteiger partial charge in [0.2, 0.25) is 0 Å². The van der Waals surface area contributed by atoms with E-state index in [1.165, 1.54) is 0 Å². The van der Waals surface area contributed by atoms with Crippen molar-refractivity contribution in [3.05, 3.63) is 28.8 Å². The van der Waals surface area contributed by atoms with Crippen LogP contribution in [-0.4, -0.2) is 29.6 Å². The summed E-state index contributed by atoms with van der Waals surface area (Å²) in [5, 5.41) is 15.3. The quantitative estimate of drug-likeness (QED) is 0.746. The molecular formula is C16H21ClN2O3. The average molecular weight is 325 g/mol. The minimum Gasteiger partial charge on any atom is -0.393 e. The molecule has 0 radical (unpaired) electrons. The molecule has 0 spiro atoms. The van der Waals surface area contributed by atoms with E-state index < -0.39 is 17.9 Å².